The molecule has 0 amide bonds. The first-order chi connectivity index (χ1) is 16.7. The smallest absolute Gasteiger partial charge is 0.187 e. The molecule has 3 heterocycles. The van der Waals surface area contributed by atoms with Gasteiger partial charge in [0.25, 0.3) is 0 Å². The number of rotatable bonds is 5. The van der Waals surface area contributed by atoms with Crippen LogP contribution in [0.5, 0.6) is 0 Å². The Morgan fingerprint density at radius 2 is 1.91 bits per heavy atom. The number of hydrogen-bond donors (Lipinski definition) is 2. The Labute approximate surface area is 202 Å². The summed E-state index contributed by atoms with van der Waals surface area (Å²) in [5.41, 5.74) is 4.23. The Balaban J connectivity index is 1.56. The fraction of sp³-hybridized carbons (Fsp3) is 0.346. The molecule has 7 nitrogen and oxygen atoms in total. The molecule has 35 heavy (non-hydrogen) atoms. The SMILES string of the molecule is Cc1cc(-n2nc3c(c2NC(C)C(=O)c2ccc4c(cnn4C)c2F)[C@H](C)NCC3)cc(C)c1F. The Morgan fingerprint density at radius 3 is 2.63 bits per heavy atom. The third-order valence-corrected chi connectivity index (χ3v) is 6.79. The van der Waals surface area contributed by atoms with Gasteiger partial charge in [-0.05, 0) is 63.1 Å². The first kappa shape index (κ1) is 23.2. The zero-order valence-corrected chi connectivity index (χ0v) is 20.4. The molecule has 2 N–H and O–H groups in total. The minimum absolute atomic E-state index is 0.00317. The average Bonchev–Trinajstić information content (AvgIpc) is 3.39. The molecular weight excluding hydrogens is 450 g/mol. The number of fused-ring (bicyclic) bond motifs is 2. The van der Waals surface area contributed by atoms with Gasteiger partial charge in [-0.1, -0.05) is 0 Å². The third-order valence-electron chi connectivity index (χ3n) is 6.79. The molecule has 1 unspecified atom stereocenters. The highest BCUT2D eigenvalue weighted by molar-refractivity contribution is 6.04. The molecule has 4 aromatic rings. The number of nitrogens with one attached hydrogen (secondary N) is 2. The molecule has 0 aliphatic carbocycles. The number of aryl methyl sites for hydroxylation is 3. The monoisotopic (exact) mass is 478 g/mol. The van der Waals surface area contributed by atoms with Crippen molar-refractivity contribution in [1.82, 2.24) is 24.9 Å². The number of hydrogen-bond acceptors (Lipinski definition) is 5. The van der Waals surface area contributed by atoms with Crippen LogP contribution in [0.1, 0.15) is 52.6 Å². The number of anilines is 1. The van der Waals surface area contributed by atoms with Gasteiger partial charge in [-0.2, -0.15) is 10.2 Å². The lowest BCUT2D eigenvalue weighted by atomic mass is 10.00. The quantitative estimate of drug-likeness (QED) is 0.412. The van der Waals surface area contributed by atoms with Crippen molar-refractivity contribution in [3.8, 4) is 5.69 Å². The Kier molecular flexibility index (Phi) is 5.67. The van der Waals surface area contributed by atoms with Gasteiger partial charge in [0.1, 0.15) is 17.5 Å². The first-order valence-electron chi connectivity index (χ1n) is 11.7. The van der Waals surface area contributed by atoms with E-state index in [1.807, 2.05) is 6.92 Å². The number of nitrogens with zero attached hydrogens (tertiary/aromatic N) is 4. The lowest BCUT2D eigenvalue weighted by molar-refractivity contribution is 0.0971. The molecule has 1 aliphatic rings. The van der Waals surface area contributed by atoms with E-state index in [0.717, 1.165) is 24.2 Å². The van der Waals surface area contributed by atoms with Crippen molar-refractivity contribution >= 4 is 22.5 Å². The van der Waals surface area contributed by atoms with Gasteiger partial charge in [0, 0.05) is 31.6 Å². The number of ketones is 1. The Bertz CT molecular complexity index is 1450. The van der Waals surface area contributed by atoms with Crippen LogP contribution in [0.4, 0.5) is 14.6 Å². The Morgan fingerprint density at radius 1 is 1.20 bits per heavy atom. The summed E-state index contributed by atoms with van der Waals surface area (Å²) in [7, 11) is 1.73. The molecule has 182 valence electrons. The van der Waals surface area contributed by atoms with E-state index in [4.69, 9.17) is 5.10 Å². The highest BCUT2D eigenvalue weighted by Crippen LogP contribution is 2.34. The molecule has 0 spiro atoms. The maximum Gasteiger partial charge on any atom is 0.187 e. The predicted octanol–water partition coefficient (Wildman–Crippen LogP) is 4.54. The minimum atomic E-state index is -0.741. The molecule has 0 saturated heterocycles. The van der Waals surface area contributed by atoms with Gasteiger partial charge in [0.05, 0.1) is 40.1 Å². The molecule has 0 radical (unpaired) electrons. The average molecular weight is 479 g/mol. The molecule has 2 aromatic heterocycles. The van der Waals surface area contributed by atoms with Gasteiger partial charge in [-0.3, -0.25) is 9.48 Å². The second-order valence-corrected chi connectivity index (χ2v) is 9.30. The van der Waals surface area contributed by atoms with Crippen molar-refractivity contribution in [3.05, 3.63) is 70.0 Å². The fourth-order valence-corrected chi connectivity index (χ4v) is 4.88. The van der Waals surface area contributed by atoms with E-state index in [1.165, 1.54) is 12.3 Å². The molecule has 0 fully saturated rings. The zero-order valence-electron chi connectivity index (χ0n) is 20.4. The van der Waals surface area contributed by atoms with Crippen LogP contribution >= 0.6 is 0 Å². The molecular formula is C26H28F2N6O. The second-order valence-electron chi connectivity index (χ2n) is 9.30. The molecule has 0 saturated carbocycles. The van der Waals surface area contributed by atoms with Crippen molar-refractivity contribution in [2.24, 2.45) is 7.05 Å². The summed E-state index contributed by atoms with van der Waals surface area (Å²) < 4.78 is 32.8. The highest BCUT2D eigenvalue weighted by Gasteiger charge is 2.29. The van der Waals surface area contributed by atoms with Crippen molar-refractivity contribution in [2.45, 2.75) is 46.2 Å². The minimum Gasteiger partial charge on any atom is -0.360 e. The maximum atomic E-state index is 15.2. The normalized spacial score (nSPS) is 16.4. The zero-order chi connectivity index (χ0) is 25.0. The Hall–Kier alpha value is -3.59. The summed E-state index contributed by atoms with van der Waals surface area (Å²) in [4.78, 5) is 13.4. The molecule has 2 aromatic carbocycles. The number of benzene rings is 2. The van der Waals surface area contributed by atoms with Crippen molar-refractivity contribution in [3.63, 3.8) is 0 Å². The number of aromatic nitrogens is 4. The molecule has 9 heteroatoms. The van der Waals surface area contributed by atoms with Crippen molar-refractivity contribution in [2.75, 3.05) is 11.9 Å². The molecule has 5 rings (SSSR count). The second kappa shape index (κ2) is 8.57. The van der Waals surface area contributed by atoms with Crippen LogP contribution in [-0.2, 0) is 13.5 Å². The van der Waals surface area contributed by atoms with Crippen LogP contribution < -0.4 is 10.6 Å². The summed E-state index contributed by atoms with van der Waals surface area (Å²) in [6.07, 6.45) is 2.16. The van der Waals surface area contributed by atoms with E-state index in [-0.39, 0.29) is 23.2 Å². The third kappa shape index (κ3) is 3.80. The van der Waals surface area contributed by atoms with E-state index in [1.54, 1.807) is 55.4 Å². The molecule has 0 bridgehead atoms. The van der Waals surface area contributed by atoms with Crippen LogP contribution in [0.2, 0.25) is 0 Å². The first-order valence-corrected chi connectivity index (χ1v) is 11.7. The van der Waals surface area contributed by atoms with Crippen LogP contribution in [0, 0.1) is 25.5 Å². The number of Topliss-reactive ketones (excluding diaryl/α,β-unsaturated/α-hetero) is 1. The molecule has 1 aliphatic heterocycles. The van der Waals surface area contributed by atoms with Crippen LogP contribution in [0.15, 0.2) is 30.5 Å². The standard InChI is InChI=1S/C26H28F2N6O/c1-13-10-17(11-14(2)23(13)27)34-26(22-15(3)29-9-8-20(22)32-34)31-16(4)25(35)18-6-7-21-19(24(18)28)12-30-33(21)5/h6-7,10-12,15-16,29,31H,8-9H2,1-5H3/t15-,16?/m0/s1. The fourth-order valence-electron chi connectivity index (χ4n) is 4.88. The number of carbonyl (C=O) groups is 1. The summed E-state index contributed by atoms with van der Waals surface area (Å²) >= 11 is 0. The van der Waals surface area contributed by atoms with Crippen molar-refractivity contribution < 1.29 is 13.6 Å². The van der Waals surface area contributed by atoms with Gasteiger partial charge in [-0.25, -0.2) is 13.5 Å². The molecule has 2 atom stereocenters. The van der Waals surface area contributed by atoms with Crippen molar-refractivity contribution in [1.29, 1.82) is 0 Å². The summed E-state index contributed by atoms with van der Waals surface area (Å²) in [6.45, 7) is 7.98. The highest BCUT2D eigenvalue weighted by atomic mass is 19.1. The lowest BCUT2D eigenvalue weighted by Gasteiger charge is -2.23. The topological polar surface area (TPSA) is 76.8 Å². The van der Waals surface area contributed by atoms with E-state index < -0.39 is 11.9 Å². The number of carbonyl (C=O) groups excluding carboxylic acids is 1. The van der Waals surface area contributed by atoms with E-state index in [2.05, 4.69) is 15.7 Å². The van der Waals surface area contributed by atoms with E-state index in [9.17, 15) is 9.18 Å². The largest absolute Gasteiger partial charge is 0.360 e. The summed E-state index contributed by atoms with van der Waals surface area (Å²) in [5, 5.41) is 16.0. The van der Waals surface area contributed by atoms with E-state index >= 15 is 4.39 Å². The van der Waals surface area contributed by atoms with Crippen LogP contribution in [-0.4, -0.2) is 37.9 Å². The van der Waals surface area contributed by atoms with Gasteiger partial charge in [0.15, 0.2) is 5.78 Å². The maximum absolute atomic E-state index is 15.2. The van der Waals surface area contributed by atoms with E-state index in [0.29, 0.717) is 33.5 Å². The summed E-state index contributed by atoms with van der Waals surface area (Å²) in [5.74, 6) is -0.559. The summed E-state index contributed by atoms with van der Waals surface area (Å²) in [6, 6.07) is 5.95. The number of halogens is 2. The van der Waals surface area contributed by atoms with Gasteiger partial charge in [0.2, 0.25) is 0 Å². The lowest BCUT2D eigenvalue weighted by Crippen LogP contribution is -2.31. The van der Waals surface area contributed by atoms with Gasteiger partial charge >= 0.3 is 0 Å². The predicted molar refractivity (Wildman–Crippen MR) is 131 cm³/mol. The van der Waals surface area contributed by atoms with Gasteiger partial charge < -0.3 is 10.6 Å². The van der Waals surface area contributed by atoms with Crippen LogP contribution in [0.3, 0.4) is 0 Å². The van der Waals surface area contributed by atoms with Gasteiger partial charge in [-0.15, -0.1) is 0 Å². The van der Waals surface area contributed by atoms with Crippen LogP contribution in [0.25, 0.3) is 16.6 Å².